The number of methoxy groups -OCH3 is 1. The van der Waals surface area contributed by atoms with Crippen molar-refractivity contribution in [1.29, 1.82) is 0 Å². The van der Waals surface area contributed by atoms with Crippen molar-refractivity contribution < 1.29 is 14.3 Å². The van der Waals surface area contributed by atoms with Gasteiger partial charge >= 0.3 is 0 Å². The second kappa shape index (κ2) is 9.08. The van der Waals surface area contributed by atoms with Crippen LogP contribution in [0, 0.1) is 0 Å². The molecule has 0 saturated carbocycles. The standard InChI is InChI=1S/C24H27N5O3/c1-31-23-20(32-14-13-28-10-2-3-11-28)7-6-18-22(23)27-21(29-12-9-26-24(18)29)15-19(30)17-5-4-8-25-16-17/h4-8,16H,2-3,9-15H2,1H3. The first kappa shape index (κ1) is 20.6. The highest BCUT2D eigenvalue weighted by molar-refractivity contribution is 6.21. The minimum Gasteiger partial charge on any atom is -0.491 e. The van der Waals surface area contributed by atoms with Crippen LogP contribution in [0.3, 0.4) is 0 Å². The Hall–Kier alpha value is -3.26. The van der Waals surface area contributed by atoms with Gasteiger partial charge in [0, 0.05) is 36.6 Å². The maximum atomic E-state index is 12.9. The quantitative estimate of drug-likeness (QED) is 0.596. The van der Waals surface area contributed by atoms with Gasteiger partial charge in [0.1, 0.15) is 24.0 Å². The number of hydrogen-bond acceptors (Lipinski definition) is 8. The predicted molar refractivity (Wildman–Crippen MR) is 123 cm³/mol. The summed E-state index contributed by atoms with van der Waals surface area (Å²) in [5, 5.41) is 0. The summed E-state index contributed by atoms with van der Waals surface area (Å²) in [5.74, 6) is 2.74. The van der Waals surface area contributed by atoms with Crippen LogP contribution in [-0.4, -0.2) is 78.7 Å². The molecule has 0 amide bonds. The summed E-state index contributed by atoms with van der Waals surface area (Å²) < 4.78 is 11.8. The Morgan fingerprint density at radius 1 is 1.16 bits per heavy atom. The first-order valence-electron chi connectivity index (χ1n) is 11.1. The van der Waals surface area contributed by atoms with E-state index < -0.39 is 0 Å². The third kappa shape index (κ3) is 3.98. The van der Waals surface area contributed by atoms with Crippen molar-refractivity contribution in [3.05, 3.63) is 47.8 Å². The predicted octanol–water partition coefficient (Wildman–Crippen LogP) is 2.94. The molecule has 3 aliphatic rings. The fourth-order valence-corrected chi connectivity index (χ4v) is 4.47. The summed E-state index contributed by atoms with van der Waals surface area (Å²) in [4.78, 5) is 30.9. The average molecular weight is 434 g/mol. The summed E-state index contributed by atoms with van der Waals surface area (Å²) >= 11 is 0. The van der Waals surface area contributed by atoms with Crippen LogP contribution < -0.4 is 9.47 Å². The Labute approximate surface area is 187 Å². The number of carbonyl (C=O) groups excluding carboxylic acids is 1. The number of likely N-dealkylation sites (tertiary alicyclic amines) is 1. The average Bonchev–Trinajstić information content (AvgIpc) is 3.52. The van der Waals surface area contributed by atoms with Gasteiger partial charge < -0.3 is 14.4 Å². The van der Waals surface area contributed by atoms with Crippen molar-refractivity contribution >= 4 is 23.1 Å². The smallest absolute Gasteiger partial charge is 0.187 e. The maximum absolute atomic E-state index is 12.9. The summed E-state index contributed by atoms with van der Waals surface area (Å²) in [6.07, 6.45) is 5.94. The van der Waals surface area contributed by atoms with E-state index in [0.29, 0.717) is 48.3 Å². The van der Waals surface area contributed by atoms with Gasteiger partial charge in [0.2, 0.25) is 0 Å². The molecule has 32 heavy (non-hydrogen) atoms. The van der Waals surface area contributed by atoms with Gasteiger partial charge in [0.25, 0.3) is 0 Å². The van der Waals surface area contributed by atoms with E-state index in [1.54, 1.807) is 31.6 Å². The fraction of sp³-hybridized carbons (Fsp3) is 0.417. The molecule has 0 radical (unpaired) electrons. The third-order valence-corrected chi connectivity index (χ3v) is 6.10. The number of aliphatic imine (C=N–C) groups is 2. The van der Waals surface area contributed by atoms with Gasteiger partial charge in [-0.15, -0.1) is 0 Å². The molecule has 1 saturated heterocycles. The zero-order chi connectivity index (χ0) is 21.9. The summed E-state index contributed by atoms with van der Waals surface area (Å²) in [7, 11) is 1.63. The molecule has 1 fully saturated rings. The molecule has 5 rings (SSSR count). The summed E-state index contributed by atoms with van der Waals surface area (Å²) in [6.45, 7) is 5.15. The molecule has 0 aliphatic carbocycles. The van der Waals surface area contributed by atoms with Crippen LogP contribution in [0.4, 0.5) is 5.69 Å². The van der Waals surface area contributed by atoms with E-state index in [2.05, 4.69) is 14.9 Å². The molecule has 8 nitrogen and oxygen atoms in total. The lowest BCUT2D eigenvalue weighted by molar-refractivity contribution is 0.0998. The van der Waals surface area contributed by atoms with E-state index in [0.717, 1.165) is 31.0 Å². The number of Topliss-reactive ketones (excluding diaryl/α,β-unsaturated/α-hetero) is 1. The molecule has 0 N–H and O–H groups in total. The Morgan fingerprint density at radius 2 is 2.03 bits per heavy atom. The third-order valence-electron chi connectivity index (χ3n) is 6.10. The van der Waals surface area contributed by atoms with Crippen molar-refractivity contribution in [2.45, 2.75) is 19.3 Å². The highest BCUT2D eigenvalue weighted by atomic mass is 16.5. The van der Waals surface area contributed by atoms with Crippen LogP contribution in [-0.2, 0) is 0 Å². The minimum atomic E-state index is -0.0245. The van der Waals surface area contributed by atoms with Gasteiger partial charge in [-0.25, -0.2) is 4.99 Å². The molecule has 1 aromatic heterocycles. The van der Waals surface area contributed by atoms with Crippen molar-refractivity contribution in [2.24, 2.45) is 9.98 Å². The number of hydrogen-bond donors (Lipinski definition) is 0. The molecule has 2 aromatic rings. The van der Waals surface area contributed by atoms with Crippen molar-refractivity contribution in [1.82, 2.24) is 14.8 Å². The van der Waals surface area contributed by atoms with Gasteiger partial charge in [-0.05, 0) is 50.2 Å². The lowest BCUT2D eigenvalue weighted by atomic mass is 10.0. The molecule has 3 aliphatic heterocycles. The van der Waals surface area contributed by atoms with E-state index in [1.165, 1.54) is 12.8 Å². The number of nitrogens with zero attached hydrogens (tertiary/aromatic N) is 5. The van der Waals surface area contributed by atoms with E-state index >= 15 is 0 Å². The highest BCUT2D eigenvalue weighted by Crippen LogP contribution is 2.43. The fourth-order valence-electron chi connectivity index (χ4n) is 4.47. The van der Waals surface area contributed by atoms with Crippen LogP contribution >= 0.6 is 0 Å². The Balaban J connectivity index is 1.42. The second-order valence-electron chi connectivity index (χ2n) is 8.12. The van der Waals surface area contributed by atoms with Gasteiger partial charge in [0.15, 0.2) is 17.3 Å². The number of benzene rings is 1. The number of amidine groups is 2. The normalized spacial score (nSPS) is 17.5. The maximum Gasteiger partial charge on any atom is 0.187 e. The number of ketones is 1. The zero-order valence-electron chi connectivity index (χ0n) is 18.3. The SMILES string of the molecule is COc1c(OCCN2CCCC2)ccc2c1N=C(CC(=O)c1cccnc1)N1CCN=C21. The zero-order valence-corrected chi connectivity index (χ0v) is 18.3. The summed E-state index contributed by atoms with van der Waals surface area (Å²) in [6, 6.07) is 7.46. The Morgan fingerprint density at radius 3 is 2.81 bits per heavy atom. The van der Waals surface area contributed by atoms with Crippen molar-refractivity contribution in [3.8, 4) is 11.5 Å². The van der Waals surface area contributed by atoms with Crippen LogP contribution in [0.5, 0.6) is 11.5 Å². The molecule has 0 spiro atoms. The van der Waals surface area contributed by atoms with Crippen LogP contribution in [0.25, 0.3) is 0 Å². The molecule has 8 heteroatoms. The number of ether oxygens (including phenoxy) is 2. The first-order valence-corrected chi connectivity index (χ1v) is 11.1. The number of carbonyl (C=O) groups is 1. The van der Waals surface area contributed by atoms with Crippen LogP contribution in [0.1, 0.15) is 35.2 Å². The molecule has 1 aromatic carbocycles. The van der Waals surface area contributed by atoms with E-state index in [1.807, 2.05) is 17.0 Å². The number of rotatable bonds is 8. The largest absolute Gasteiger partial charge is 0.491 e. The van der Waals surface area contributed by atoms with E-state index in [9.17, 15) is 4.79 Å². The van der Waals surface area contributed by atoms with Gasteiger partial charge in [-0.2, -0.15) is 0 Å². The number of fused-ring (bicyclic) bond motifs is 3. The lowest BCUT2D eigenvalue weighted by Gasteiger charge is -2.28. The van der Waals surface area contributed by atoms with Gasteiger partial charge in [-0.3, -0.25) is 19.7 Å². The number of aromatic nitrogens is 1. The van der Waals surface area contributed by atoms with Crippen molar-refractivity contribution in [3.63, 3.8) is 0 Å². The second-order valence-corrected chi connectivity index (χ2v) is 8.12. The molecule has 0 bridgehead atoms. The van der Waals surface area contributed by atoms with Gasteiger partial charge in [0.05, 0.1) is 20.1 Å². The Bertz CT molecular complexity index is 1060. The van der Waals surface area contributed by atoms with Crippen LogP contribution in [0.2, 0.25) is 0 Å². The van der Waals surface area contributed by atoms with Gasteiger partial charge in [-0.1, -0.05) is 0 Å². The first-order chi connectivity index (χ1) is 15.7. The molecule has 0 atom stereocenters. The van der Waals surface area contributed by atoms with Crippen LogP contribution in [0.15, 0.2) is 46.6 Å². The van der Waals surface area contributed by atoms with E-state index in [-0.39, 0.29) is 12.2 Å². The topological polar surface area (TPSA) is 79.6 Å². The van der Waals surface area contributed by atoms with E-state index in [4.69, 9.17) is 14.5 Å². The Kier molecular flexibility index (Phi) is 5.85. The molecule has 0 unspecified atom stereocenters. The highest BCUT2D eigenvalue weighted by Gasteiger charge is 2.33. The molecular formula is C24H27N5O3. The monoisotopic (exact) mass is 433 g/mol. The molecule has 4 heterocycles. The van der Waals surface area contributed by atoms with Crippen molar-refractivity contribution in [2.75, 3.05) is 46.4 Å². The molecule has 166 valence electrons. The molecular weight excluding hydrogens is 406 g/mol. The minimum absolute atomic E-state index is 0.0245. The summed E-state index contributed by atoms with van der Waals surface area (Å²) in [5.41, 5.74) is 2.16. The number of pyridine rings is 1. The lowest BCUT2D eigenvalue weighted by Crippen LogP contribution is -2.38.